The van der Waals surface area contributed by atoms with E-state index in [4.69, 9.17) is 10.2 Å². The van der Waals surface area contributed by atoms with E-state index in [9.17, 15) is 4.79 Å². The van der Waals surface area contributed by atoms with Gasteiger partial charge in [0.15, 0.2) is 11.7 Å². The zero-order valence-corrected chi connectivity index (χ0v) is 13.6. The highest BCUT2D eigenvalue weighted by Gasteiger charge is 2.12. The van der Waals surface area contributed by atoms with Gasteiger partial charge in [-0.05, 0) is 49.1 Å². The molecule has 1 aromatic carbocycles. The highest BCUT2D eigenvalue weighted by molar-refractivity contribution is 6.02. The number of aliphatic imine (C=N–C) groups is 1. The average molecular weight is 326 g/mol. The lowest BCUT2D eigenvalue weighted by Gasteiger charge is -2.27. The molecule has 6 heteroatoms. The third kappa shape index (κ3) is 4.16. The van der Waals surface area contributed by atoms with Crippen molar-refractivity contribution in [1.29, 1.82) is 0 Å². The molecule has 0 saturated carbocycles. The molecular formula is C18H22N4O2. The Balaban J connectivity index is 1.61. The molecule has 0 spiro atoms. The first-order valence-electron chi connectivity index (χ1n) is 8.21. The van der Waals surface area contributed by atoms with Gasteiger partial charge in [-0.25, -0.2) is 4.99 Å². The molecule has 0 radical (unpaired) electrons. The second-order valence-electron chi connectivity index (χ2n) is 5.85. The molecule has 1 aliphatic heterocycles. The van der Waals surface area contributed by atoms with E-state index in [2.05, 4.69) is 15.2 Å². The van der Waals surface area contributed by atoms with Crippen LogP contribution < -0.4 is 11.1 Å². The minimum absolute atomic E-state index is 0.270. The third-order valence-electron chi connectivity index (χ3n) is 4.03. The maximum atomic E-state index is 12.0. The normalized spacial score (nSPS) is 15.3. The molecule has 126 valence electrons. The highest BCUT2D eigenvalue weighted by atomic mass is 16.3. The van der Waals surface area contributed by atoms with Crippen molar-refractivity contribution >= 4 is 17.6 Å². The first kappa shape index (κ1) is 16.1. The summed E-state index contributed by atoms with van der Waals surface area (Å²) in [6, 6.07) is 10.9. The van der Waals surface area contributed by atoms with Gasteiger partial charge in [0, 0.05) is 18.8 Å². The van der Waals surface area contributed by atoms with Crippen LogP contribution in [0.3, 0.4) is 0 Å². The Labute approximate surface area is 141 Å². The van der Waals surface area contributed by atoms with Crippen LogP contribution in [0, 0.1) is 0 Å². The maximum Gasteiger partial charge on any atom is 0.291 e. The Kier molecular flexibility index (Phi) is 5.15. The van der Waals surface area contributed by atoms with E-state index in [0.29, 0.717) is 18.2 Å². The molecule has 1 aliphatic rings. The summed E-state index contributed by atoms with van der Waals surface area (Å²) in [5.74, 6) is 0.612. The number of amides is 1. The molecule has 1 saturated heterocycles. The summed E-state index contributed by atoms with van der Waals surface area (Å²) < 4.78 is 5.09. The van der Waals surface area contributed by atoms with Crippen molar-refractivity contribution < 1.29 is 9.21 Å². The minimum atomic E-state index is -0.270. The van der Waals surface area contributed by atoms with Crippen LogP contribution in [0.4, 0.5) is 5.69 Å². The van der Waals surface area contributed by atoms with E-state index < -0.39 is 0 Å². The van der Waals surface area contributed by atoms with Gasteiger partial charge in [0.1, 0.15) is 0 Å². The van der Waals surface area contributed by atoms with Crippen LogP contribution in [-0.4, -0.2) is 29.9 Å². The number of hydrogen-bond donors (Lipinski definition) is 2. The predicted octanol–water partition coefficient (Wildman–Crippen LogP) is 2.83. The van der Waals surface area contributed by atoms with Crippen LogP contribution in [0.5, 0.6) is 0 Å². The number of nitrogens with one attached hydrogen (secondary N) is 1. The number of benzene rings is 1. The van der Waals surface area contributed by atoms with Crippen LogP contribution in [0.25, 0.3) is 0 Å². The van der Waals surface area contributed by atoms with E-state index in [1.54, 1.807) is 12.1 Å². The molecule has 1 fully saturated rings. The number of nitrogens with zero attached hydrogens (tertiary/aromatic N) is 2. The number of likely N-dealkylation sites (tertiary alicyclic amines) is 1. The molecule has 2 aromatic rings. The number of carbonyl (C=O) groups excluding carboxylic acids is 1. The summed E-state index contributed by atoms with van der Waals surface area (Å²) in [6.45, 7) is 2.45. The van der Waals surface area contributed by atoms with E-state index in [-0.39, 0.29) is 11.7 Å². The van der Waals surface area contributed by atoms with Gasteiger partial charge in [0.25, 0.3) is 5.91 Å². The second kappa shape index (κ2) is 7.68. The van der Waals surface area contributed by atoms with Crippen molar-refractivity contribution in [2.75, 3.05) is 18.4 Å². The van der Waals surface area contributed by atoms with Gasteiger partial charge >= 0.3 is 0 Å². The monoisotopic (exact) mass is 326 g/mol. The van der Waals surface area contributed by atoms with Gasteiger partial charge in [-0.1, -0.05) is 12.1 Å². The Hall–Kier alpha value is -2.76. The standard InChI is InChI=1S/C18H22N4O2/c19-18(22-9-2-1-3-10-22)20-13-14-6-4-7-15(12-14)21-17(23)16-8-5-11-24-16/h4-8,11-12H,1-3,9-10,13H2,(H2,19,20)(H,21,23). The Morgan fingerprint density at radius 2 is 2.04 bits per heavy atom. The number of anilines is 1. The van der Waals surface area contributed by atoms with Crippen LogP contribution in [-0.2, 0) is 6.54 Å². The minimum Gasteiger partial charge on any atom is -0.459 e. The summed E-state index contributed by atoms with van der Waals surface area (Å²) in [4.78, 5) is 18.6. The van der Waals surface area contributed by atoms with Gasteiger partial charge in [-0.3, -0.25) is 4.79 Å². The number of guanidine groups is 1. The topological polar surface area (TPSA) is 83.9 Å². The van der Waals surface area contributed by atoms with Crippen molar-refractivity contribution in [3.05, 3.63) is 54.0 Å². The first-order chi connectivity index (χ1) is 11.7. The smallest absolute Gasteiger partial charge is 0.291 e. The summed E-state index contributed by atoms with van der Waals surface area (Å²) in [5.41, 5.74) is 7.77. The SMILES string of the molecule is NC(=NCc1cccc(NC(=O)c2ccco2)c1)N1CCCCC1. The zero-order valence-electron chi connectivity index (χ0n) is 13.6. The largest absolute Gasteiger partial charge is 0.459 e. The molecule has 3 N–H and O–H groups in total. The fourth-order valence-corrected chi connectivity index (χ4v) is 2.74. The van der Waals surface area contributed by atoms with Crippen molar-refractivity contribution in [2.45, 2.75) is 25.8 Å². The van der Waals surface area contributed by atoms with Gasteiger partial charge < -0.3 is 20.4 Å². The maximum absolute atomic E-state index is 12.0. The fourth-order valence-electron chi connectivity index (χ4n) is 2.74. The molecule has 24 heavy (non-hydrogen) atoms. The number of nitrogens with two attached hydrogens (primary N) is 1. The Bertz CT molecular complexity index is 704. The van der Waals surface area contributed by atoms with Crippen molar-refractivity contribution in [2.24, 2.45) is 10.7 Å². The lowest BCUT2D eigenvalue weighted by atomic mass is 10.1. The van der Waals surface area contributed by atoms with Crippen LogP contribution >= 0.6 is 0 Å². The summed E-state index contributed by atoms with van der Waals surface area (Å²) >= 11 is 0. The van der Waals surface area contributed by atoms with Crippen LogP contribution in [0.15, 0.2) is 52.1 Å². The average Bonchev–Trinajstić information content (AvgIpc) is 3.15. The Morgan fingerprint density at radius 3 is 2.79 bits per heavy atom. The van der Waals surface area contributed by atoms with E-state index in [1.807, 2.05) is 24.3 Å². The van der Waals surface area contributed by atoms with E-state index >= 15 is 0 Å². The third-order valence-corrected chi connectivity index (χ3v) is 4.03. The second-order valence-corrected chi connectivity index (χ2v) is 5.85. The number of furan rings is 1. The van der Waals surface area contributed by atoms with Gasteiger partial charge in [-0.15, -0.1) is 0 Å². The van der Waals surface area contributed by atoms with Gasteiger partial charge in [-0.2, -0.15) is 0 Å². The van der Waals surface area contributed by atoms with Crippen molar-refractivity contribution in [3.63, 3.8) is 0 Å². The number of rotatable bonds is 4. The lowest BCUT2D eigenvalue weighted by Crippen LogP contribution is -2.40. The molecule has 0 unspecified atom stereocenters. The summed E-state index contributed by atoms with van der Waals surface area (Å²) in [6.07, 6.45) is 5.08. The van der Waals surface area contributed by atoms with Crippen molar-refractivity contribution in [1.82, 2.24) is 4.90 Å². The van der Waals surface area contributed by atoms with E-state index in [0.717, 1.165) is 18.7 Å². The van der Waals surface area contributed by atoms with Crippen molar-refractivity contribution in [3.8, 4) is 0 Å². The molecule has 0 aliphatic carbocycles. The van der Waals surface area contributed by atoms with Gasteiger partial charge in [0.05, 0.1) is 12.8 Å². The molecule has 3 rings (SSSR count). The molecule has 1 amide bonds. The molecule has 0 atom stereocenters. The van der Waals surface area contributed by atoms with Gasteiger partial charge in [0.2, 0.25) is 0 Å². The molecule has 2 heterocycles. The lowest BCUT2D eigenvalue weighted by molar-refractivity contribution is 0.0996. The summed E-state index contributed by atoms with van der Waals surface area (Å²) in [7, 11) is 0. The van der Waals surface area contributed by atoms with Crippen LogP contribution in [0.1, 0.15) is 35.4 Å². The van der Waals surface area contributed by atoms with E-state index in [1.165, 1.54) is 25.5 Å². The molecular weight excluding hydrogens is 304 g/mol. The molecule has 1 aromatic heterocycles. The fraction of sp³-hybridized carbons (Fsp3) is 0.333. The first-order valence-corrected chi connectivity index (χ1v) is 8.21. The summed E-state index contributed by atoms with van der Waals surface area (Å²) in [5, 5.41) is 2.81. The number of piperidine rings is 1. The number of carbonyl (C=O) groups is 1. The Morgan fingerprint density at radius 1 is 1.21 bits per heavy atom. The molecule has 0 bridgehead atoms. The quantitative estimate of drug-likeness (QED) is 0.668. The van der Waals surface area contributed by atoms with Crippen LogP contribution in [0.2, 0.25) is 0 Å². The molecule has 6 nitrogen and oxygen atoms in total. The number of hydrogen-bond acceptors (Lipinski definition) is 3. The zero-order chi connectivity index (χ0) is 16.8. The highest BCUT2D eigenvalue weighted by Crippen LogP contribution is 2.14. The predicted molar refractivity (Wildman–Crippen MR) is 93.9 cm³/mol.